The van der Waals surface area contributed by atoms with Crippen molar-refractivity contribution in [3.63, 3.8) is 0 Å². The first-order valence-electron chi connectivity index (χ1n) is 8.61. The minimum Gasteiger partial charge on any atom is -0.339 e. The molecule has 0 saturated carbocycles. The maximum atomic E-state index is 13.4. The highest BCUT2D eigenvalue weighted by Gasteiger charge is 2.27. The summed E-state index contributed by atoms with van der Waals surface area (Å²) in [5, 5.41) is 1.17. The number of fused-ring (bicyclic) bond motifs is 1. The summed E-state index contributed by atoms with van der Waals surface area (Å²) in [6, 6.07) is 23.9. The van der Waals surface area contributed by atoms with E-state index in [2.05, 4.69) is 0 Å². The lowest BCUT2D eigenvalue weighted by molar-refractivity contribution is 0.595. The zero-order chi connectivity index (χ0) is 19.0. The zero-order valence-corrected chi connectivity index (χ0v) is 16.3. The van der Waals surface area contributed by atoms with Crippen LogP contribution in [0.2, 0.25) is 5.02 Å². The largest absolute Gasteiger partial charge is 0.339 e. The van der Waals surface area contributed by atoms with Gasteiger partial charge in [0.15, 0.2) is 0 Å². The molecule has 0 aliphatic carbocycles. The lowest BCUT2D eigenvalue weighted by Gasteiger charge is -2.09. The first-order valence-corrected chi connectivity index (χ1v) is 10.5. The van der Waals surface area contributed by atoms with Crippen molar-refractivity contribution in [3.05, 3.63) is 95.1 Å². The van der Waals surface area contributed by atoms with Crippen LogP contribution >= 0.6 is 11.6 Å². The quantitative estimate of drug-likeness (QED) is 0.458. The van der Waals surface area contributed by atoms with Gasteiger partial charge in [0, 0.05) is 28.2 Å². The normalized spacial score (nSPS) is 11.8. The van der Waals surface area contributed by atoms with Crippen LogP contribution in [0.15, 0.2) is 88.7 Å². The summed E-state index contributed by atoms with van der Waals surface area (Å²) in [6.07, 6.45) is 0. The van der Waals surface area contributed by atoms with Gasteiger partial charge in [0.1, 0.15) is 4.90 Å². The number of nitrogens with zero attached hydrogens (tertiary/aromatic N) is 1. The van der Waals surface area contributed by atoms with Crippen molar-refractivity contribution in [1.29, 1.82) is 0 Å². The summed E-state index contributed by atoms with van der Waals surface area (Å²) in [7, 11) is -3.66. The lowest BCUT2D eigenvalue weighted by atomic mass is 10.2. The van der Waals surface area contributed by atoms with Gasteiger partial charge in [0.2, 0.25) is 9.84 Å². The topological polar surface area (TPSA) is 39.1 Å². The predicted molar refractivity (Wildman–Crippen MR) is 109 cm³/mol. The lowest BCUT2D eigenvalue weighted by Crippen LogP contribution is -2.06. The Bertz CT molecular complexity index is 1210. The van der Waals surface area contributed by atoms with E-state index < -0.39 is 9.84 Å². The Labute approximate surface area is 163 Å². The van der Waals surface area contributed by atoms with Gasteiger partial charge in [-0.25, -0.2) is 8.42 Å². The number of hydrogen-bond acceptors (Lipinski definition) is 2. The molecular formula is C22H18ClNO2S. The van der Waals surface area contributed by atoms with Crippen LogP contribution in [0.4, 0.5) is 0 Å². The van der Waals surface area contributed by atoms with E-state index >= 15 is 0 Å². The molecule has 0 atom stereocenters. The number of benzene rings is 3. The first-order chi connectivity index (χ1) is 13.0. The monoisotopic (exact) mass is 395 g/mol. The average molecular weight is 396 g/mol. The van der Waals surface area contributed by atoms with Gasteiger partial charge in [-0.1, -0.05) is 60.1 Å². The van der Waals surface area contributed by atoms with Crippen molar-refractivity contribution >= 4 is 32.3 Å². The van der Waals surface area contributed by atoms with Crippen LogP contribution in [-0.4, -0.2) is 13.0 Å². The third kappa shape index (κ3) is 3.15. The molecule has 0 aliphatic heterocycles. The van der Waals surface area contributed by atoms with Crippen molar-refractivity contribution in [2.45, 2.75) is 23.3 Å². The highest BCUT2D eigenvalue weighted by atomic mass is 35.5. The fourth-order valence-electron chi connectivity index (χ4n) is 3.45. The summed E-state index contributed by atoms with van der Waals surface area (Å²) in [5.41, 5.74) is 2.67. The van der Waals surface area contributed by atoms with E-state index in [1.165, 1.54) is 0 Å². The molecule has 136 valence electrons. The molecule has 0 saturated heterocycles. The molecule has 27 heavy (non-hydrogen) atoms. The standard InChI is InChI=1S/C22H18ClNO2S/c1-16-22(27(25,26)19-10-6-3-7-11-19)20-14-18(23)12-13-21(20)24(16)15-17-8-4-2-5-9-17/h2-14H,15H2,1H3. The number of sulfone groups is 1. The SMILES string of the molecule is Cc1c(S(=O)(=O)c2ccccc2)c2cc(Cl)ccc2n1Cc1ccccc1. The minimum absolute atomic E-state index is 0.284. The van der Waals surface area contributed by atoms with Gasteiger partial charge in [-0.3, -0.25) is 0 Å². The molecule has 0 amide bonds. The molecule has 0 bridgehead atoms. The second-order valence-electron chi connectivity index (χ2n) is 6.46. The number of rotatable bonds is 4. The van der Waals surface area contributed by atoms with E-state index in [1.54, 1.807) is 42.5 Å². The average Bonchev–Trinajstić information content (AvgIpc) is 2.95. The van der Waals surface area contributed by atoms with E-state index in [0.29, 0.717) is 27.5 Å². The molecular weight excluding hydrogens is 378 g/mol. The Hall–Kier alpha value is -2.56. The highest BCUT2D eigenvalue weighted by Crippen LogP contribution is 2.35. The molecule has 4 aromatic rings. The molecule has 3 aromatic carbocycles. The highest BCUT2D eigenvalue weighted by molar-refractivity contribution is 7.91. The van der Waals surface area contributed by atoms with Gasteiger partial charge >= 0.3 is 0 Å². The summed E-state index contributed by atoms with van der Waals surface area (Å²) in [5.74, 6) is 0. The van der Waals surface area contributed by atoms with Crippen LogP contribution in [0.25, 0.3) is 10.9 Å². The molecule has 0 N–H and O–H groups in total. The van der Waals surface area contributed by atoms with Crippen molar-refractivity contribution in [2.75, 3.05) is 0 Å². The minimum atomic E-state index is -3.66. The van der Waals surface area contributed by atoms with Crippen molar-refractivity contribution in [2.24, 2.45) is 0 Å². The fraction of sp³-hybridized carbons (Fsp3) is 0.0909. The Morgan fingerprint density at radius 2 is 1.52 bits per heavy atom. The smallest absolute Gasteiger partial charge is 0.208 e. The summed E-state index contributed by atoms with van der Waals surface area (Å²) < 4.78 is 28.8. The number of halogens is 1. The molecule has 1 heterocycles. The van der Waals surface area contributed by atoms with Gasteiger partial charge in [-0.05, 0) is 42.8 Å². The van der Waals surface area contributed by atoms with Gasteiger partial charge in [-0.2, -0.15) is 0 Å². The van der Waals surface area contributed by atoms with E-state index in [-0.39, 0.29) is 4.90 Å². The molecule has 3 nitrogen and oxygen atoms in total. The van der Waals surface area contributed by atoms with Gasteiger partial charge in [0.05, 0.1) is 4.90 Å². The van der Waals surface area contributed by atoms with E-state index in [0.717, 1.165) is 11.1 Å². The van der Waals surface area contributed by atoms with Crippen LogP contribution in [0, 0.1) is 6.92 Å². The predicted octanol–water partition coefficient (Wildman–Crippen LogP) is 5.48. The molecule has 0 spiro atoms. The number of hydrogen-bond donors (Lipinski definition) is 0. The van der Waals surface area contributed by atoms with Crippen molar-refractivity contribution in [3.8, 4) is 0 Å². The Kier molecular flexibility index (Phi) is 4.54. The van der Waals surface area contributed by atoms with Gasteiger partial charge in [0.25, 0.3) is 0 Å². The first kappa shape index (κ1) is 17.8. The second kappa shape index (κ2) is 6.87. The molecule has 1 aromatic heterocycles. The van der Waals surface area contributed by atoms with Crippen LogP contribution in [0.5, 0.6) is 0 Å². The summed E-state index contributed by atoms with van der Waals surface area (Å²) in [4.78, 5) is 0.606. The molecule has 0 fully saturated rings. The van der Waals surface area contributed by atoms with Crippen LogP contribution in [0.3, 0.4) is 0 Å². The third-order valence-corrected chi connectivity index (χ3v) is 6.91. The second-order valence-corrected chi connectivity index (χ2v) is 8.79. The van der Waals surface area contributed by atoms with E-state index in [9.17, 15) is 8.42 Å². The van der Waals surface area contributed by atoms with Crippen molar-refractivity contribution in [1.82, 2.24) is 4.57 Å². The van der Waals surface area contributed by atoms with Crippen LogP contribution in [-0.2, 0) is 16.4 Å². The third-order valence-electron chi connectivity index (χ3n) is 4.73. The Morgan fingerprint density at radius 3 is 2.19 bits per heavy atom. The molecule has 0 unspecified atom stereocenters. The van der Waals surface area contributed by atoms with Crippen LogP contribution in [0.1, 0.15) is 11.3 Å². The Balaban J connectivity index is 1.99. The molecule has 4 rings (SSSR count). The van der Waals surface area contributed by atoms with Gasteiger partial charge < -0.3 is 4.57 Å². The maximum Gasteiger partial charge on any atom is 0.208 e. The van der Waals surface area contributed by atoms with E-state index in [1.807, 2.05) is 47.9 Å². The summed E-state index contributed by atoms with van der Waals surface area (Å²) in [6.45, 7) is 2.45. The molecule has 5 heteroatoms. The van der Waals surface area contributed by atoms with Gasteiger partial charge in [-0.15, -0.1) is 0 Å². The van der Waals surface area contributed by atoms with E-state index in [4.69, 9.17) is 11.6 Å². The van der Waals surface area contributed by atoms with Crippen molar-refractivity contribution < 1.29 is 8.42 Å². The molecule has 0 radical (unpaired) electrons. The molecule has 0 aliphatic rings. The fourth-order valence-corrected chi connectivity index (χ4v) is 5.33. The Morgan fingerprint density at radius 1 is 0.889 bits per heavy atom. The summed E-state index contributed by atoms with van der Waals surface area (Å²) >= 11 is 6.20. The zero-order valence-electron chi connectivity index (χ0n) is 14.8. The maximum absolute atomic E-state index is 13.4. The van der Waals surface area contributed by atoms with Crippen LogP contribution < -0.4 is 0 Å². The number of aromatic nitrogens is 1.